The number of pyridine rings is 1. The molecule has 1 fully saturated rings. The van der Waals surface area contributed by atoms with Gasteiger partial charge in [0.25, 0.3) is 0 Å². The molecule has 0 bridgehead atoms. The molecule has 0 spiro atoms. The standard InChI is InChI=1S/C22H24F3N5O5/c1-21(26-10-11-27-21)14-33-18-6-7-19(28-20(18)30(31)32)29-12-8-16(9-13-29)34-15-2-4-17(5-3-15)35-22(23,24)25/h2-7,10-11,16,26-27H,8-9,12-14H2,1H3. The highest BCUT2D eigenvalue weighted by Gasteiger charge is 2.32. The van der Waals surface area contributed by atoms with Gasteiger partial charge in [-0.15, -0.1) is 13.2 Å². The average molecular weight is 495 g/mol. The van der Waals surface area contributed by atoms with Crippen molar-refractivity contribution in [1.29, 1.82) is 0 Å². The number of aromatic nitrogens is 1. The van der Waals surface area contributed by atoms with Crippen LogP contribution in [0.15, 0.2) is 48.8 Å². The van der Waals surface area contributed by atoms with Crippen molar-refractivity contribution in [3.05, 3.63) is 58.9 Å². The summed E-state index contributed by atoms with van der Waals surface area (Å²) < 4.78 is 52.2. The molecule has 2 aliphatic rings. The van der Waals surface area contributed by atoms with Crippen LogP contribution in [0, 0.1) is 10.1 Å². The molecule has 0 saturated carbocycles. The topological polar surface area (TPSA) is 111 Å². The predicted octanol–water partition coefficient (Wildman–Crippen LogP) is 3.70. The molecule has 0 amide bonds. The molecule has 3 heterocycles. The molecule has 0 atom stereocenters. The smallest absolute Gasteiger partial charge is 0.490 e. The van der Waals surface area contributed by atoms with Crippen LogP contribution in [-0.4, -0.2) is 47.7 Å². The number of nitrogens with one attached hydrogen (secondary N) is 2. The molecule has 35 heavy (non-hydrogen) atoms. The van der Waals surface area contributed by atoms with Gasteiger partial charge in [0.15, 0.2) is 0 Å². The zero-order valence-electron chi connectivity index (χ0n) is 18.7. The minimum Gasteiger partial charge on any atom is -0.490 e. The minimum absolute atomic E-state index is 0.0756. The van der Waals surface area contributed by atoms with Crippen molar-refractivity contribution in [2.24, 2.45) is 0 Å². The van der Waals surface area contributed by atoms with E-state index in [4.69, 9.17) is 9.47 Å². The van der Waals surface area contributed by atoms with Crippen molar-refractivity contribution in [3.63, 3.8) is 0 Å². The zero-order valence-corrected chi connectivity index (χ0v) is 18.7. The normalized spacial score (nSPS) is 17.4. The first-order valence-corrected chi connectivity index (χ1v) is 10.9. The summed E-state index contributed by atoms with van der Waals surface area (Å²) in [6, 6.07) is 8.45. The first-order valence-electron chi connectivity index (χ1n) is 10.9. The Kier molecular flexibility index (Phi) is 6.76. The van der Waals surface area contributed by atoms with E-state index in [0.29, 0.717) is 37.5 Å². The van der Waals surface area contributed by atoms with Crippen molar-refractivity contribution in [1.82, 2.24) is 15.6 Å². The van der Waals surface area contributed by atoms with Gasteiger partial charge in [0, 0.05) is 44.4 Å². The van der Waals surface area contributed by atoms with Crippen LogP contribution in [0.2, 0.25) is 0 Å². The number of benzene rings is 1. The SMILES string of the molecule is CC1(COc2ccc(N3CCC(Oc4ccc(OC(F)(F)F)cc4)CC3)nc2[N+](=O)[O-])NC=CN1. The predicted molar refractivity (Wildman–Crippen MR) is 119 cm³/mol. The van der Waals surface area contributed by atoms with Gasteiger partial charge in [-0.2, -0.15) is 0 Å². The van der Waals surface area contributed by atoms with Crippen LogP contribution in [0.3, 0.4) is 0 Å². The first-order chi connectivity index (χ1) is 16.6. The number of piperidine rings is 1. The third-order valence-electron chi connectivity index (χ3n) is 5.53. The molecule has 1 aromatic heterocycles. The molecule has 2 N–H and O–H groups in total. The van der Waals surface area contributed by atoms with Gasteiger partial charge in [0.05, 0.1) is 0 Å². The maximum absolute atomic E-state index is 12.3. The van der Waals surface area contributed by atoms with Gasteiger partial charge in [-0.1, -0.05) is 0 Å². The summed E-state index contributed by atoms with van der Waals surface area (Å²) >= 11 is 0. The van der Waals surface area contributed by atoms with Gasteiger partial charge < -0.3 is 39.9 Å². The molecule has 188 valence electrons. The fourth-order valence-corrected chi connectivity index (χ4v) is 3.76. The number of ether oxygens (including phenoxy) is 3. The van der Waals surface area contributed by atoms with Gasteiger partial charge in [-0.25, -0.2) is 0 Å². The van der Waals surface area contributed by atoms with Crippen molar-refractivity contribution < 1.29 is 32.3 Å². The minimum atomic E-state index is -4.75. The number of hydrogen-bond acceptors (Lipinski definition) is 9. The van der Waals surface area contributed by atoms with Crippen LogP contribution in [0.1, 0.15) is 19.8 Å². The van der Waals surface area contributed by atoms with E-state index in [0.717, 1.165) is 0 Å². The Bertz CT molecular complexity index is 1060. The van der Waals surface area contributed by atoms with Gasteiger partial charge in [-0.05, 0) is 47.2 Å². The summed E-state index contributed by atoms with van der Waals surface area (Å²) in [4.78, 5) is 17.2. The molecule has 10 nitrogen and oxygen atoms in total. The van der Waals surface area contributed by atoms with Crippen molar-refractivity contribution in [3.8, 4) is 17.2 Å². The molecule has 0 unspecified atom stereocenters. The molecular weight excluding hydrogens is 471 g/mol. The number of alkyl halides is 3. The van der Waals surface area contributed by atoms with Crippen LogP contribution in [-0.2, 0) is 0 Å². The van der Waals surface area contributed by atoms with Crippen LogP contribution in [0.5, 0.6) is 17.2 Å². The lowest BCUT2D eigenvalue weighted by molar-refractivity contribution is -0.390. The van der Waals surface area contributed by atoms with Crippen LogP contribution >= 0.6 is 0 Å². The Morgan fingerprint density at radius 2 is 1.74 bits per heavy atom. The molecule has 1 aromatic carbocycles. The van der Waals surface area contributed by atoms with Gasteiger partial charge in [0.1, 0.15) is 29.9 Å². The highest BCUT2D eigenvalue weighted by atomic mass is 19.4. The fourth-order valence-electron chi connectivity index (χ4n) is 3.76. The summed E-state index contributed by atoms with van der Waals surface area (Å²) in [5.41, 5.74) is -0.569. The van der Waals surface area contributed by atoms with E-state index < -0.39 is 16.9 Å². The van der Waals surface area contributed by atoms with Crippen molar-refractivity contribution in [2.75, 3.05) is 24.6 Å². The number of nitrogens with zero attached hydrogens (tertiary/aromatic N) is 3. The summed E-state index contributed by atoms with van der Waals surface area (Å²) in [5, 5.41) is 17.7. The monoisotopic (exact) mass is 495 g/mol. The Balaban J connectivity index is 1.33. The highest BCUT2D eigenvalue weighted by molar-refractivity contribution is 5.50. The van der Waals surface area contributed by atoms with E-state index in [-0.39, 0.29) is 30.0 Å². The molecule has 2 aromatic rings. The van der Waals surface area contributed by atoms with Crippen molar-refractivity contribution >= 4 is 11.6 Å². The fraction of sp³-hybridized carbons (Fsp3) is 0.409. The number of halogens is 3. The highest BCUT2D eigenvalue weighted by Crippen LogP contribution is 2.31. The number of rotatable bonds is 8. The second kappa shape index (κ2) is 9.76. The summed E-state index contributed by atoms with van der Waals surface area (Å²) in [6.07, 6.45) is -0.232. The lowest BCUT2D eigenvalue weighted by Gasteiger charge is -2.31. The second-order valence-electron chi connectivity index (χ2n) is 8.31. The Hall–Kier alpha value is -3.90. The van der Waals surface area contributed by atoms with Crippen LogP contribution in [0.25, 0.3) is 0 Å². The lowest BCUT2D eigenvalue weighted by atomic mass is 10.1. The Labute approximate surface area is 198 Å². The summed E-state index contributed by atoms with van der Waals surface area (Å²) in [7, 11) is 0. The molecule has 1 saturated heterocycles. The van der Waals surface area contributed by atoms with Crippen LogP contribution < -0.4 is 29.7 Å². The third kappa shape index (κ3) is 6.37. The van der Waals surface area contributed by atoms with Gasteiger partial charge in [0.2, 0.25) is 11.6 Å². The zero-order chi connectivity index (χ0) is 25.1. The Morgan fingerprint density at radius 1 is 1.11 bits per heavy atom. The van der Waals surface area contributed by atoms with Gasteiger partial charge >= 0.3 is 12.2 Å². The van der Waals surface area contributed by atoms with Gasteiger partial charge in [-0.3, -0.25) is 0 Å². The van der Waals surface area contributed by atoms with Crippen molar-refractivity contribution in [2.45, 2.75) is 37.9 Å². The van der Waals surface area contributed by atoms with E-state index >= 15 is 0 Å². The molecule has 2 aliphatic heterocycles. The largest absolute Gasteiger partial charge is 0.573 e. The molecule has 4 rings (SSSR count). The number of nitro groups is 1. The van der Waals surface area contributed by atoms with E-state index in [9.17, 15) is 23.3 Å². The quantitative estimate of drug-likeness (QED) is 0.418. The lowest BCUT2D eigenvalue weighted by Crippen LogP contribution is -2.50. The molecular formula is C22H24F3N5O5. The Morgan fingerprint density at radius 3 is 2.34 bits per heavy atom. The van der Waals surface area contributed by atoms with E-state index in [2.05, 4.69) is 20.4 Å². The number of anilines is 1. The molecule has 0 aliphatic carbocycles. The third-order valence-corrected chi connectivity index (χ3v) is 5.53. The molecule has 0 radical (unpaired) electrons. The second-order valence-corrected chi connectivity index (χ2v) is 8.31. The summed E-state index contributed by atoms with van der Waals surface area (Å²) in [5.74, 6) is 0.286. The maximum atomic E-state index is 12.3. The van der Waals surface area contributed by atoms with E-state index in [1.165, 1.54) is 24.3 Å². The number of hydrogen-bond donors (Lipinski definition) is 2. The average Bonchev–Trinajstić information content (AvgIpc) is 3.25. The summed E-state index contributed by atoms with van der Waals surface area (Å²) in [6.45, 7) is 3.09. The van der Waals surface area contributed by atoms with E-state index in [1.54, 1.807) is 24.5 Å². The maximum Gasteiger partial charge on any atom is 0.573 e. The van der Waals surface area contributed by atoms with E-state index in [1.807, 2.05) is 11.8 Å². The van der Waals surface area contributed by atoms with Crippen LogP contribution in [0.4, 0.5) is 24.8 Å². The first kappa shape index (κ1) is 24.2. The molecule has 13 heteroatoms.